The summed E-state index contributed by atoms with van der Waals surface area (Å²) in [6.07, 6.45) is 3.23. The highest BCUT2D eigenvalue weighted by Gasteiger charge is 2.30. The average Bonchev–Trinajstić information content (AvgIpc) is 3.54. The number of amides is 1. The first-order valence-corrected chi connectivity index (χ1v) is 12.6. The van der Waals surface area contributed by atoms with E-state index in [1.807, 2.05) is 39.7 Å². The molecule has 1 saturated heterocycles. The Labute approximate surface area is 215 Å². The van der Waals surface area contributed by atoms with E-state index in [1.54, 1.807) is 7.11 Å². The van der Waals surface area contributed by atoms with Gasteiger partial charge in [-0.05, 0) is 31.1 Å². The fourth-order valence-corrected chi connectivity index (χ4v) is 5.26. The summed E-state index contributed by atoms with van der Waals surface area (Å²) in [6, 6.07) is 20.7. The fourth-order valence-electron chi connectivity index (χ4n) is 5.26. The summed E-state index contributed by atoms with van der Waals surface area (Å²) in [5.74, 6) is 1.41. The maximum atomic E-state index is 11.9. The van der Waals surface area contributed by atoms with Crippen LogP contribution in [0, 0.1) is 0 Å². The number of aromatic nitrogens is 3. The molecule has 0 aliphatic carbocycles. The van der Waals surface area contributed by atoms with Crippen LogP contribution in [-0.2, 0) is 4.79 Å². The van der Waals surface area contributed by atoms with Crippen LogP contribution in [0.5, 0.6) is 11.6 Å². The second kappa shape index (κ2) is 9.71. The number of carbonyl (C=O) groups excluding carboxylic acids is 1. The first-order valence-electron chi connectivity index (χ1n) is 12.6. The lowest BCUT2D eigenvalue weighted by molar-refractivity contribution is -0.127. The number of carbonyl (C=O) groups is 1. The van der Waals surface area contributed by atoms with Crippen molar-refractivity contribution in [2.45, 2.75) is 24.9 Å². The molecule has 1 amide bonds. The molecular formula is C29H29N5O3. The molecule has 0 spiro atoms. The first kappa shape index (κ1) is 23.2. The summed E-state index contributed by atoms with van der Waals surface area (Å²) in [5, 5.41) is 8.40. The molecule has 1 N–H and O–H groups in total. The SMILES string of the molecule is C=CC(=O)N1CCC(N[C@@H]2COc3cc(-c4nc5ccc(OC)nn5c4-c4ccccc4)ccc32)CC1. The molecule has 8 heteroatoms. The zero-order valence-electron chi connectivity index (χ0n) is 20.8. The van der Waals surface area contributed by atoms with E-state index in [0.29, 0.717) is 18.5 Å². The van der Waals surface area contributed by atoms with E-state index in [9.17, 15) is 4.79 Å². The smallest absolute Gasteiger partial charge is 0.245 e. The van der Waals surface area contributed by atoms with Gasteiger partial charge < -0.3 is 19.7 Å². The third kappa shape index (κ3) is 4.34. The van der Waals surface area contributed by atoms with Crippen LogP contribution in [0.3, 0.4) is 0 Å². The number of hydrogen-bond acceptors (Lipinski definition) is 6. The van der Waals surface area contributed by atoms with Crippen molar-refractivity contribution < 1.29 is 14.3 Å². The molecule has 1 fully saturated rings. The molecular weight excluding hydrogens is 466 g/mol. The molecule has 2 aromatic heterocycles. The van der Waals surface area contributed by atoms with Crippen molar-refractivity contribution in [1.82, 2.24) is 24.8 Å². The maximum Gasteiger partial charge on any atom is 0.245 e. The normalized spacial score (nSPS) is 17.4. The number of imidazole rings is 1. The van der Waals surface area contributed by atoms with Crippen molar-refractivity contribution in [2.24, 2.45) is 0 Å². The number of hydrogen-bond donors (Lipinski definition) is 1. The Balaban J connectivity index is 1.29. The third-order valence-corrected chi connectivity index (χ3v) is 7.20. The molecule has 0 unspecified atom stereocenters. The Kier molecular flexibility index (Phi) is 6.10. The fraction of sp³-hybridized carbons (Fsp3) is 0.276. The van der Waals surface area contributed by atoms with E-state index in [4.69, 9.17) is 14.5 Å². The minimum atomic E-state index is 0.0102. The van der Waals surface area contributed by atoms with E-state index in [0.717, 1.165) is 65.4 Å². The lowest BCUT2D eigenvalue weighted by atomic mass is 9.99. The standard InChI is InChI=1S/C29H29N5O3/c1-3-27(35)33-15-13-21(14-16-33)30-23-18-37-24-17-20(9-10-22(23)24)28-29(19-7-5-4-6-8-19)34-25(31-28)11-12-26(32-34)36-2/h3-12,17,21,23,30H,1,13-16,18H2,2H3/t23-/m1/s1. The Morgan fingerprint density at radius 1 is 1.11 bits per heavy atom. The quantitative estimate of drug-likeness (QED) is 0.403. The van der Waals surface area contributed by atoms with E-state index in [2.05, 4.69) is 47.3 Å². The second-order valence-electron chi connectivity index (χ2n) is 9.41. The van der Waals surface area contributed by atoms with Gasteiger partial charge in [-0.15, -0.1) is 5.10 Å². The van der Waals surface area contributed by atoms with Crippen molar-refractivity contribution in [3.05, 3.63) is 78.9 Å². The maximum absolute atomic E-state index is 11.9. The zero-order valence-corrected chi connectivity index (χ0v) is 20.8. The molecule has 4 aromatic rings. The van der Waals surface area contributed by atoms with Crippen LogP contribution >= 0.6 is 0 Å². The largest absolute Gasteiger partial charge is 0.491 e. The van der Waals surface area contributed by atoms with Gasteiger partial charge >= 0.3 is 0 Å². The molecule has 8 nitrogen and oxygen atoms in total. The zero-order chi connectivity index (χ0) is 25.4. The van der Waals surface area contributed by atoms with Gasteiger partial charge in [0.2, 0.25) is 11.8 Å². The molecule has 0 radical (unpaired) electrons. The summed E-state index contributed by atoms with van der Waals surface area (Å²) in [4.78, 5) is 18.7. The van der Waals surface area contributed by atoms with E-state index < -0.39 is 0 Å². The van der Waals surface area contributed by atoms with Crippen LogP contribution in [0.1, 0.15) is 24.4 Å². The third-order valence-electron chi connectivity index (χ3n) is 7.20. The van der Waals surface area contributed by atoms with Crippen LogP contribution in [-0.4, -0.2) is 58.3 Å². The van der Waals surface area contributed by atoms with Crippen molar-refractivity contribution in [1.29, 1.82) is 0 Å². The van der Waals surface area contributed by atoms with E-state index in [-0.39, 0.29) is 11.9 Å². The number of piperidine rings is 1. The van der Waals surface area contributed by atoms with Crippen molar-refractivity contribution >= 4 is 11.6 Å². The van der Waals surface area contributed by atoms with Crippen LogP contribution < -0.4 is 14.8 Å². The molecule has 0 bridgehead atoms. The number of rotatable bonds is 6. The van der Waals surface area contributed by atoms with Crippen molar-refractivity contribution in [3.63, 3.8) is 0 Å². The van der Waals surface area contributed by atoms with Gasteiger partial charge in [-0.2, -0.15) is 0 Å². The molecule has 4 heterocycles. The first-order chi connectivity index (χ1) is 18.1. The molecule has 2 aromatic carbocycles. The Hall–Kier alpha value is -4.17. The summed E-state index contributed by atoms with van der Waals surface area (Å²) in [7, 11) is 1.61. The highest BCUT2D eigenvalue weighted by atomic mass is 16.5. The van der Waals surface area contributed by atoms with Crippen LogP contribution in [0.25, 0.3) is 28.2 Å². The lowest BCUT2D eigenvalue weighted by Gasteiger charge is -2.33. The summed E-state index contributed by atoms with van der Waals surface area (Å²) < 4.78 is 13.4. The van der Waals surface area contributed by atoms with Gasteiger partial charge in [0.05, 0.1) is 18.8 Å². The Bertz CT molecular complexity index is 1460. The highest BCUT2D eigenvalue weighted by Crippen LogP contribution is 2.39. The predicted octanol–water partition coefficient (Wildman–Crippen LogP) is 4.27. The van der Waals surface area contributed by atoms with E-state index >= 15 is 0 Å². The Morgan fingerprint density at radius 2 is 1.92 bits per heavy atom. The van der Waals surface area contributed by atoms with Crippen LogP contribution in [0.4, 0.5) is 0 Å². The van der Waals surface area contributed by atoms with Crippen LogP contribution in [0.2, 0.25) is 0 Å². The topological polar surface area (TPSA) is 81.0 Å². The monoisotopic (exact) mass is 495 g/mol. The van der Waals surface area contributed by atoms with Crippen LogP contribution in [0.15, 0.2) is 73.3 Å². The number of fused-ring (bicyclic) bond motifs is 2. The second-order valence-corrected chi connectivity index (χ2v) is 9.41. The molecule has 1 atom stereocenters. The number of nitrogens with zero attached hydrogens (tertiary/aromatic N) is 4. The van der Waals surface area contributed by atoms with Gasteiger partial charge in [0.15, 0.2) is 5.65 Å². The van der Waals surface area contributed by atoms with E-state index in [1.165, 1.54) is 6.08 Å². The van der Waals surface area contributed by atoms with Gasteiger partial charge in [-0.25, -0.2) is 9.50 Å². The predicted molar refractivity (Wildman–Crippen MR) is 142 cm³/mol. The van der Waals surface area contributed by atoms with Crippen molar-refractivity contribution in [2.75, 3.05) is 26.8 Å². The summed E-state index contributed by atoms with van der Waals surface area (Å²) >= 11 is 0. The molecule has 6 rings (SSSR count). The van der Waals surface area contributed by atoms with Gasteiger partial charge in [0.25, 0.3) is 0 Å². The van der Waals surface area contributed by atoms with Gasteiger partial charge in [-0.3, -0.25) is 4.79 Å². The Morgan fingerprint density at radius 3 is 2.68 bits per heavy atom. The van der Waals surface area contributed by atoms with Gasteiger partial charge in [0.1, 0.15) is 18.1 Å². The highest BCUT2D eigenvalue weighted by molar-refractivity contribution is 5.87. The number of methoxy groups -OCH3 is 1. The number of nitrogens with one attached hydrogen (secondary N) is 1. The summed E-state index contributed by atoms with van der Waals surface area (Å²) in [6.45, 7) is 5.67. The summed E-state index contributed by atoms with van der Waals surface area (Å²) in [5.41, 5.74) is 5.64. The number of benzene rings is 2. The molecule has 37 heavy (non-hydrogen) atoms. The molecule has 2 aliphatic heterocycles. The molecule has 2 aliphatic rings. The molecule has 188 valence electrons. The van der Waals surface area contributed by atoms with Crippen molar-refractivity contribution in [3.8, 4) is 34.1 Å². The minimum Gasteiger partial charge on any atom is -0.491 e. The van der Waals surface area contributed by atoms with Gasteiger partial charge in [0, 0.05) is 41.9 Å². The lowest BCUT2D eigenvalue weighted by Crippen LogP contribution is -2.45. The molecule has 0 saturated carbocycles. The number of ether oxygens (including phenoxy) is 2. The van der Waals surface area contributed by atoms with Gasteiger partial charge in [-0.1, -0.05) is 49.0 Å². The minimum absolute atomic E-state index is 0.0102. The average molecular weight is 496 g/mol. The number of likely N-dealkylation sites (tertiary alicyclic amines) is 1.